The number of rotatable bonds is 3. The Hall–Kier alpha value is -2.25. The summed E-state index contributed by atoms with van der Waals surface area (Å²) in [5.41, 5.74) is 3.59. The topological polar surface area (TPSA) is 59.1 Å². The molecule has 1 N–H and O–H groups in total. The molecule has 4 rings (SSSR count). The van der Waals surface area contributed by atoms with Gasteiger partial charge in [0.1, 0.15) is 5.82 Å². The molecule has 4 nitrogen and oxygen atoms in total. The molecule has 0 fully saturated rings. The van der Waals surface area contributed by atoms with E-state index in [2.05, 4.69) is 15.8 Å². The van der Waals surface area contributed by atoms with E-state index in [1.165, 1.54) is 29.0 Å². The quantitative estimate of drug-likeness (QED) is 0.749. The minimum atomic E-state index is -3.89. The molecule has 25 heavy (non-hydrogen) atoms. The zero-order chi connectivity index (χ0) is 17.6. The highest BCUT2D eigenvalue weighted by Gasteiger charge is 2.24. The number of hydrogen-bond donors (Lipinski definition) is 1. The second kappa shape index (κ2) is 5.93. The lowest BCUT2D eigenvalue weighted by atomic mass is 9.94. The van der Waals surface area contributed by atoms with Crippen LogP contribution in [0.1, 0.15) is 16.0 Å². The second-order valence-corrected chi connectivity index (χ2v) is 8.70. The number of fused-ring (bicyclic) bond motifs is 3. The maximum absolute atomic E-state index is 13.5. The normalized spacial score (nSPS) is 13.2. The van der Waals surface area contributed by atoms with Gasteiger partial charge in [-0.25, -0.2) is 17.8 Å². The molecule has 0 saturated heterocycles. The number of hydrogen-bond acceptors (Lipinski definition) is 4. The standard InChI is InChI=1S/C18H15FN2O2S2/c1-11-6-8-13(19)10-16(11)25(22,23)21-18-20-17-14-5-3-2-4-12(14)7-9-15(17)24-18/h2-6,8,10H,7,9H2,1H3,(H,20,21). The van der Waals surface area contributed by atoms with E-state index < -0.39 is 15.8 Å². The van der Waals surface area contributed by atoms with Crippen LogP contribution in [0.25, 0.3) is 11.3 Å². The van der Waals surface area contributed by atoms with Gasteiger partial charge in [-0.2, -0.15) is 0 Å². The van der Waals surface area contributed by atoms with Crippen molar-refractivity contribution in [2.75, 3.05) is 4.72 Å². The Balaban J connectivity index is 1.71. The van der Waals surface area contributed by atoms with Gasteiger partial charge in [0.05, 0.1) is 10.6 Å². The summed E-state index contributed by atoms with van der Waals surface area (Å²) >= 11 is 1.34. The smallest absolute Gasteiger partial charge is 0.255 e. The van der Waals surface area contributed by atoms with Gasteiger partial charge in [-0.3, -0.25) is 4.72 Å². The van der Waals surface area contributed by atoms with Crippen LogP contribution in [0.4, 0.5) is 9.52 Å². The number of sulfonamides is 1. The number of thiazole rings is 1. The molecule has 7 heteroatoms. The molecule has 0 saturated carbocycles. The Bertz CT molecular complexity index is 1070. The van der Waals surface area contributed by atoms with Crippen molar-refractivity contribution in [3.05, 3.63) is 64.3 Å². The summed E-state index contributed by atoms with van der Waals surface area (Å²) in [6, 6.07) is 11.7. The van der Waals surface area contributed by atoms with E-state index in [1.807, 2.05) is 18.2 Å². The third-order valence-corrected chi connectivity index (χ3v) is 6.89. The Labute approximate surface area is 149 Å². The molecule has 0 atom stereocenters. The maximum atomic E-state index is 13.5. The lowest BCUT2D eigenvalue weighted by Gasteiger charge is -2.13. The number of nitrogens with one attached hydrogen (secondary N) is 1. The monoisotopic (exact) mass is 374 g/mol. The summed E-state index contributed by atoms with van der Waals surface area (Å²) < 4.78 is 41.2. The zero-order valence-electron chi connectivity index (χ0n) is 13.4. The first kappa shape index (κ1) is 16.2. The molecule has 0 aliphatic heterocycles. The van der Waals surface area contributed by atoms with Crippen LogP contribution in [0.2, 0.25) is 0 Å². The van der Waals surface area contributed by atoms with Crippen molar-refractivity contribution in [2.24, 2.45) is 0 Å². The molecule has 128 valence electrons. The van der Waals surface area contributed by atoms with Gasteiger partial charge < -0.3 is 0 Å². The van der Waals surface area contributed by atoms with Crippen LogP contribution in [0.15, 0.2) is 47.4 Å². The number of halogens is 1. The first-order valence-electron chi connectivity index (χ1n) is 7.81. The van der Waals surface area contributed by atoms with Crippen molar-refractivity contribution in [1.29, 1.82) is 0 Å². The Morgan fingerprint density at radius 3 is 2.80 bits per heavy atom. The largest absolute Gasteiger partial charge is 0.264 e. The van der Waals surface area contributed by atoms with Gasteiger partial charge >= 0.3 is 0 Å². The lowest BCUT2D eigenvalue weighted by molar-refractivity contribution is 0.594. The van der Waals surface area contributed by atoms with Crippen molar-refractivity contribution in [3.63, 3.8) is 0 Å². The van der Waals surface area contributed by atoms with E-state index in [4.69, 9.17) is 0 Å². The van der Waals surface area contributed by atoms with Crippen LogP contribution in [-0.4, -0.2) is 13.4 Å². The van der Waals surface area contributed by atoms with Gasteiger partial charge in [0, 0.05) is 10.4 Å². The summed E-state index contributed by atoms with van der Waals surface area (Å²) in [7, 11) is -3.89. The molecule has 3 aromatic rings. The van der Waals surface area contributed by atoms with E-state index in [1.54, 1.807) is 6.92 Å². The van der Waals surface area contributed by atoms with Crippen LogP contribution < -0.4 is 4.72 Å². The van der Waals surface area contributed by atoms with Crippen molar-refractivity contribution in [2.45, 2.75) is 24.7 Å². The summed E-state index contributed by atoms with van der Waals surface area (Å²) in [6.45, 7) is 1.64. The molecule has 0 bridgehead atoms. The van der Waals surface area contributed by atoms with Crippen LogP contribution in [0.3, 0.4) is 0 Å². The third-order valence-electron chi connectivity index (χ3n) is 4.25. The fraction of sp³-hybridized carbons (Fsp3) is 0.167. The van der Waals surface area contributed by atoms with Crippen LogP contribution >= 0.6 is 11.3 Å². The third kappa shape index (κ3) is 2.94. The van der Waals surface area contributed by atoms with E-state index in [-0.39, 0.29) is 4.90 Å². The first-order chi connectivity index (χ1) is 11.9. The number of nitrogens with zero attached hydrogens (tertiary/aromatic N) is 1. The number of anilines is 1. The minimum absolute atomic E-state index is 0.0685. The lowest BCUT2D eigenvalue weighted by Crippen LogP contribution is -2.14. The fourth-order valence-electron chi connectivity index (χ4n) is 3.03. The van der Waals surface area contributed by atoms with Crippen molar-refractivity contribution in [3.8, 4) is 11.3 Å². The average molecular weight is 374 g/mol. The van der Waals surface area contributed by atoms with E-state index in [9.17, 15) is 12.8 Å². The Morgan fingerprint density at radius 2 is 1.96 bits per heavy atom. The van der Waals surface area contributed by atoms with Crippen LogP contribution in [0, 0.1) is 12.7 Å². The predicted octanol–water partition coefficient (Wildman–Crippen LogP) is 4.16. The van der Waals surface area contributed by atoms with E-state index >= 15 is 0 Å². The zero-order valence-corrected chi connectivity index (χ0v) is 15.0. The van der Waals surface area contributed by atoms with E-state index in [0.29, 0.717) is 10.7 Å². The first-order valence-corrected chi connectivity index (χ1v) is 10.1. The Kier molecular flexibility index (Phi) is 3.85. The highest BCUT2D eigenvalue weighted by molar-refractivity contribution is 7.93. The van der Waals surface area contributed by atoms with Crippen molar-refractivity contribution < 1.29 is 12.8 Å². The molecule has 1 heterocycles. The van der Waals surface area contributed by atoms with Gasteiger partial charge in [0.25, 0.3) is 10.0 Å². The fourth-order valence-corrected chi connectivity index (χ4v) is 5.49. The Morgan fingerprint density at radius 1 is 1.16 bits per heavy atom. The van der Waals surface area contributed by atoms with Gasteiger partial charge in [0.15, 0.2) is 5.13 Å². The highest BCUT2D eigenvalue weighted by atomic mass is 32.2. The summed E-state index contributed by atoms with van der Waals surface area (Å²) in [5, 5.41) is 0.311. The molecule has 2 aromatic carbocycles. The molecule has 0 spiro atoms. The average Bonchev–Trinajstić information content (AvgIpc) is 2.99. The number of aryl methyl sites for hydroxylation is 3. The summed E-state index contributed by atoms with van der Waals surface area (Å²) in [5.74, 6) is -0.585. The number of benzene rings is 2. The molecule has 1 aliphatic rings. The second-order valence-electron chi connectivity index (χ2n) is 5.96. The van der Waals surface area contributed by atoms with Gasteiger partial charge in [-0.05, 0) is 43.0 Å². The van der Waals surface area contributed by atoms with E-state index in [0.717, 1.165) is 35.0 Å². The minimum Gasteiger partial charge on any atom is -0.255 e. The molecule has 0 unspecified atom stereocenters. The van der Waals surface area contributed by atoms with Crippen LogP contribution in [-0.2, 0) is 22.9 Å². The summed E-state index contributed by atoms with van der Waals surface area (Å²) in [4.78, 5) is 5.48. The molecule has 1 aromatic heterocycles. The molecule has 1 aliphatic carbocycles. The number of aromatic nitrogens is 1. The molecule has 0 amide bonds. The van der Waals surface area contributed by atoms with Gasteiger partial charge in [0.2, 0.25) is 0 Å². The highest BCUT2D eigenvalue weighted by Crippen LogP contribution is 2.38. The molecular weight excluding hydrogens is 359 g/mol. The summed E-state index contributed by atoms with van der Waals surface area (Å²) in [6.07, 6.45) is 1.76. The van der Waals surface area contributed by atoms with Crippen molar-refractivity contribution in [1.82, 2.24) is 4.98 Å². The SMILES string of the molecule is Cc1ccc(F)cc1S(=O)(=O)Nc1nc2c(s1)CCc1ccccc1-2. The van der Waals surface area contributed by atoms with Gasteiger partial charge in [-0.15, -0.1) is 11.3 Å². The predicted molar refractivity (Wildman–Crippen MR) is 96.9 cm³/mol. The maximum Gasteiger partial charge on any atom is 0.264 e. The van der Waals surface area contributed by atoms with Crippen molar-refractivity contribution >= 4 is 26.5 Å². The van der Waals surface area contributed by atoms with Crippen LogP contribution in [0.5, 0.6) is 0 Å². The molecular formula is C18H15FN2O2S2. The van der Waals surface area contributed by atoms with Gasteiger partial charge in [-0.1, -0.05) is 30.3 Å². The molecule has 0 radical (unpaired) electrons.